The van der Waals surface area contributed by atoms with Gasteiger partial charge >= 0.3 is 0 Å². The van der Waals surface area contributed by atoms with Crippen molar-refractivity contribution < 1.29 is 0 Å². The molecule has 0 nitrogen and oxygen atoms in total. The molecule has 3 rings (SSSR count). The second-order valence-electron chi connectivity index (χ2n) is 6.29. The van der Waals surface area contributed by atoms with Crippen LogP contribution in [0.4, 0.5) is 0 Å². The molecule has 1 aromatic heterocycles. The van der Waals surface area contributed by atoms with Crippen LogP contribution in [-0.4, -0.2) is 0 Å². The smallest absolute Gasteiger partial charge is 0.0392 e. The van der Waals surface area contributed by atoms with Crippen LogP contribution in [0.25, 0.3) is 20.2 Å². The second-order valence-corrected chi connectivity index (χ2v) is 7.34. The average molecular weight is 282 g/mol. The zero-order valence-electron chi connectivity index (χ0n) is 12.9. The highest BCUT2D eigenvalue weighted by atomic mass is 32.1. The maximum Gasteiger partial charge on any atom is 0.0392 e. The Kier molecular flexibility index (Phi) is 3.33. The lowest BCUT2D eigenvalue weighted by Crippen LogP contribution is -1.99. The zero-order chi connectivity index (χ0) is 14.4. The highest BCUT2D eigenvalue weighted by Gasteiger charge is 2.17. The summed E-state index contributed by atoms with van der Waals surface area (Å²) in [4.78, 5) is 0. The number of hydrogen-bond acceptors (Lipinski definition) is 1. The van der Waals surface area contributed by atoms with Crippen LogP contribution in [0, 0.1) is 6.92 Å². The maximum absolute atomic E-state index is 2.43. The first-order chi connectivity index (χ1) is 9.50. The van der Waals surface area contributed by atoms with Crippen LogP contribution in [0.5, 0.6) is 0 Å². The van der Waals surface area contributed by atoms with Gasteiger partial charge in [0.25, 0.3) is 0 Å². The summed E-state index contributed by atoms with van der Waals surface area (Å²) in [6.45, 7) is 11.5. The fourth-order valence-corrected chi connectivity index (χ4v) is 4.73. The third kappa shape index (κ3) is 1.96. The van der Waals surface area contributed by atoms with Gasteiger partial charge in [-0.25, -0.2) is 0 Å². The first-order valence-electron chi connectivity index (χ1n) is 7.45. The van der Waals surface area contributed by atoms with E-state index in [1.165, 1.54) is 31.3 Å². The average Bonchev–Trinajstić information content (AvgIpc) is 2.74. The molecule has 0 radical (unpaired) electrons. The van der Waals surface area contributed by atoms with Gasteiger partial charge in [0.15, 0.2) is 0 Å². The molecule has 0 aliphatic carbocycles. The summed E-state index contributed by atoms with van der Waals surface area (Å²) >= 11 is 1.95. The molecule has 0 aliphatic rings. The van der Waals surface area contributed by atoms with Crippen molar-refractivity contribution >= 4 is 31.5 Å². The Morgan fingerprint density at radius 3 is 2.25 bits per heavy atom. The fourth-order valence-electron chi connectivity index (χ4n) is 3.29. The highest BCUT2D eigenvalue weighted by Crippen LogP contribution is 2.42. The molecule has 0 amide bonds. The van der Waals surface area contributed by atoms with Gasteiger partial charge in [-0.3, -0.25) is 0 Å². The topological polar surface area (TPSA) is 0 Å². The van der Waals surface area contributed by atoms with E-state index >= 15 is 0 Å². The van der Waals surface area contributed by atoms with Crippen molar-refractivity contribution in [3.8, 4) is 0 Å². The summed E-state index contributed by atoms with van der Waals surface area (Å²) in [6.07, 6.45) is 0. The first kappa shape index (κ1) is 13.6. The molecule has 0 bridgehead atoms. The second kappa shape index (κ2) is 4.89. The Hall–Kier alpha value is -1.34. The van der Waals surface area contributed by atoms with Gasteiger partial charge in [-0.2, -0.15) is 0 Å². The van der Waals surface area contributed by atoms with Gasteiger partial charge < -0.3 is 0 Å². The van der Waals surface area contributed by atoms with Gasteiger partial charge in [-0.1, -0.05) is 45.9 Å². The molecular weight excluding hydrogens is 260 g/mol. The minimum absolute atomic E-state index is 0.573. The lowest BCUT2D eigenvalue weighted by molar-refractivity contribution is 0.827. The van der Waals surface area contributed by atoms with Crippen LogP contribution in [0.15, 0.2) is 30.3 Å². The van der Waals surface area contributed by atoms with Crippen molar-refractivity contribution in [3.05, 3.63) is 47.0 Å². The monoisotopic (exact) mass is 282 g/mol. The van der Waals surface area contributed by atoms with Crippen molar-refractivity contribution in [1.82, 2.24) is 0 Å². The molecule has 0 spiro atoms. The molecule has 0 atom stereocenters. The molecular formula is C19H22S. The van der Waals surface area contributed by atoms with Crippen LogP contribution in [0.2, 0.25) is 0 Å². The highest BCUT2D eigenvalue weighted by molar-refractivity contribution is 7.26. The molecule has 0 saturated heterocycles. The van der Waals surface area contributed by atoms with E-state index in [1.807, 2.05) is 11.3 Å². The number of rotatable bonds is 2. The summed E-state index contributed by atoms with van der Waals surface area (Å²) in [6, 6.07) is 11.2. The third-order valence-corrected chi connectivity index (χ3v) is 5.43. The number of thiophene rings is 1. The van der Waals surface area contributed by atoms with E-state index in [2.05, 4.69) is 65.0 Å². The molecule has 104 valence electrons. The SMILES string of the molecule is Cc1c(C(C)C)cc2c(sc3ccccc32)c1C(C)C. The molecule has 1 heteroatoms. The molecule has 0 aliphatic heterocycles. The quantitative estimate of drug-likeness (QED) is 0.496. The first-order valence-corrected chi connectivity index (χ1v) is 8.27. The summed E-state index contributed by atoms with van der Waals surface area (Å²) in [5, 5.41) is 2.86. The van der Waals surface area contributed by atoms with Crippen LogP contribution in [0.3, 0.4) is 0 Å². The van der Waals surface area contributed by atoms with Crippen LogP contribution >= 0.6 is 11.3 Å². The van der Waals surface area contributed by atoms with Crippen LogP contribution in [0.1, 0.15) is 56.2 Å². The molecule has 20 heavy (non-hydrogen) atoms. The minimum atomic E-state index is 0.573. The third-order valence-electron chi connectivity index (χ3n) is 4.21. The van der Waals surface area contributed by atoms with E-state index in [-0.39, 0.29) is 0 Å². The predicted octanol–water partition coefficient (Wildman–Crippen LogP) is 6.61. The summed E-state index contributed by atoms with van der Waals surface area (Å²) < 4.78 is 2.90. The lowest BCUT2D eigenvalue weighted by atomic mass is 9.88. The van der Waals surface area contributed by atoms with Gasteiger partial charge in [0.2, 0.25) is 0 Å². The van der Waals surface area contributed by atoms with Gasteiger partial charge in [0.1, 0.15) is 0 Å². The molecule has 0 saturated carbocycles. The van der Waals surface area contributed by atoms with E-state index in [9.17, 15) is 0 Å². The van der Waals surface area contributed by atoms with E-state index in [1.54, 1.807) is 5.56 Å². The minimum Gasteiger partial charge on any atom is -0.135 e. The van der Waals surface area contributed by atoms with E-state index in [0.717, 1.165) is 0 Å². The predicted molar refractivity (Wildman–Crippen MR) is 92.2 cm³/mol. The molecule has 3 aromatic rings. The number of hydrogen-bond donors (Lipinski definition) is 0. The van der Waals surface area contributed by atoms with Crippen molar-refractivity contribution in [2.24, 2.45) is 0 Å². The van der Waals surface area contributed by atoms with Gasteiger partial charge in [-0.05, 0) is 47.6 Å². The molecule has 0 fully saturated rings. The molecule has 1 heterocycles. The van der Waals surface area contributed by atoms with Crippen molar-refractivity contribution in [1.29, 1.82) is 0 Å². The van der Waals surface area contributed by atoms with Crippen molar-refractivity contribution in [2.45, 2.75) is 46.5 Å². The van der Waals surface area contributed by atoms with Gasteiger partial charge in [-0.15, -0.1) is 11.3 Å². The van der Waals surface area contributed by atoms with E-state index in [4.69, 9.17) is 0 Å². The maximum atomic E-state index is 2.43. The Labute approximate surface area is 125 Å². The normalized spacial score (nSPS) is 12.2. The summed E-state index contributed by atoms with van der Waals surface area (Å²) in [5.41, 5.74) is 4.55. The molecule has 2 aromatic carbocycles. The Bertz CT molecular complexity index is 775. The summed E-state index contributed by atoms with van der Waals surface area (Å²) in [5.74, 6) is 1.15. The number of fused-ring (bicyclic) bond motifs is 3. The fraction of sp³-hybridized carbons (Fsp3) is 0.368. The molecule has 0 unspecified atom stereocenters. The van der Waals surface area contributed by atoms with Crippen molar-refractivity contribution in [3.63, 3.8) is 0 Å². The van der Waals surface area contributed by atoms with Gasteiger partial charge in [0.05, 0.1) is 0 Å². The molecule has 0 N–H and O–H groups in total. The number of benzene rings is 2. The lowest BCUT2D eigenvalue weighted by Gasteiger charge is -2.18. The Balaban J connectivity index is 2.51. The van der Waals surface area contributed by atoms with E-state index in [0.29, 0.717) is 11.8 Å². The largest absolute Gasteiger partial charge is 0.135 e. The zero-order valence-corrected chi connectivity index (χ0v) is 13.8. The van der Waals surface area contributed by atoms with E-state index < -0.39 is 0 Å². The van der Waals surface area contributed by atoms with Crippen molar-refractivity contribution in [2.75, 3.05) is 0 Å². The van der Waals surface area contributed by atoms with Gasteiger partial charge in [0, 0.05) is 20.2 Å². The Morgan fingerprint density at radius 1 is 0.900 bits per heavy atom. The van der Waals surface area contributed by atoms with Crippen LogP contribution in [-0.2, 0) is 0 Å². The Morgan fingerprint density at radius 2 is 1.60 bits per heavy atom. The standard InChI is InChI=1S/C19H22S/c1-11(2)15-10-16-14-8-6-7-9-17(14)20-19(16)18(12(3)4)13(15)5/h6-12H,1-5H3. The van der Waals surface area contributed by atoms with Crippen LogP contribution < -0.4 is 0 Å². The summed E-state index contributed by atoms with van der Waals surface area (Å²) in [7, 11) is 0.